The van der Waals surface area contributed by atoms with E-state index >= 15 is 0 Å². The molecule has 0 amide bonds. The Balaban J connectivity index is 2.26. The quantitative estimate of drug-likeness (QED) is 0.548. The van der Waals surface area contributed by atoms with E-state index < -0.39 is 5.97 Å². The zero-order valence-corrected chi connectivity index (χ0v) is 16.0. The third kappa shape index (κ3) is 5.18. The Kier molecular flexibility index (Phi) is 7.24. The van der Waals surface area contributed by atoms with Crippen molar-refractivity contribution in [2.75, 3.05) is 13.2 Å². The molecule has 0 radical (unpaired) electrons. The lowest BCUT2D eigenvalue weighted by Gasteiger charge is -2.15. The van der Waals surface area contributed by atoms with Crippen LogP contribution < -0.4 is 9.47 Å². The van der Waals surface area contributed by atoms with Crippen molar-refractivity contribution in [1.82, 2.24) is 0 Å². The van der Waals surface area contributed by atoms with Crippen molar-refractivity contribution < 1.29 is 19.0 Å². The molecule has 0 spiro atoms. The van der Waals surface area contributed by atoms with Crippen molar-refractivity contribution in [3.05, 3.63) is 56.5 Å². The molecule has 2 aromatic carbocycles. The Morgan fingerprint density at radius 2 is 1.68 bits per heavy atom. The van der Waals surface area contributed by atoms with E-state index in [1.54, 1.807) is 31.2 Å². The van der Waals surface area contributed by atoms with Crippen LogP contribution in [0.15, 0.2) is 30.3 Å². The van der Waals surface area contributed by atoms with Crippen molar-refractivity contribution >= 4 is 40.8 Å². The molecule has 4 nitrogen and oxygen atoms in total. The maximum absolute atomic E-state index is 11.9. The van der Waals surface area contributed by atoms with Crippen LogP contribution in [0.4, 0.5) is 0 Å². The van der Waals surface area contributed by atoms with Gasteiger partial charge in [0.1, 0.15) is 6.61 Å². The predicted molar refractivity (Wildman–Crippen MR) is 99.4 cm³/mol. The molecule has 0 aromatic heterocycles. The third-order valence-corrected chi connectivity index (χ3v) is 4.21. The average Bonchev–Trinajstić information content (AvgIpc) is 2.57. The number of halogens is 3. The molecule has 0 heterocycles. The summed E-state index contributed by atoms with van der Waals surface area (Å²) in [6, 6.07) is 8.25. The molecule has 2 rings (SSSR count). The van der Waals surface area contributed by atoms with E-state index in [9.17, 15) is 4.79 Å². The molecule has 0 saturated carbocycles. The van der Waals surface area contributed by atoms with E-state index in [-0.39, 0.29) is 18.2 Å². The molecule has 0 fully saturated rings. The highest BCUT2D eigenvalue weighted by Gasteiger charge is 2.17. The summed E-state index contributed by atoms with van der Waals surface area (Å²) in [5.74, 6) is 0.252. The first-order chi connectivity index (χ1) is 12.0. The molecule has 7 heteroatoms. The predicted octanol–water partition coefficient (Wildman–Crippen LogP) is 5.80. The molecule has 0 aliphatic carbocycles. The van der Waals surface area contributed by atoms with E-state index in [2.05, 4.69) is 0 Å². The molecule has 2 aromatic rings. The Morgan fingerprint density at radius 3 is 2.32 bits per heavy atom. The van der Waals surface area contributed by atoms with Crippen molar-refractivity contribution in [1.29, 1.82) is 0 Å². The van der Waals surface area contributed by atoms with E-state index in [1.807, 2.05) is 6.92 Å². The van der Waals surface area contributed by atoms with Gasteiger partial charge in [-0.3, -0.25) is 0 Å². The van der Waals surface area contributed by atoms with Crippen LogP contribution in [0.3, 0.4) is 0 Å². The number of hydrogen-bond acceptors (Lipinski definition) is 4. The standard InChI is InChI=1S/C18H17Cl3O4/c1-3-23-16-9-12(18(22)24-4-2)8-15(21)17(16)25-10-11-5-6-13(19)14(20)7-11/h5-9H,3-4,10H2,1-2H3. The van der Waals surface area contributed by atoms with Crippen LogP contribution in [-0.4, -0.2) is 19.2 Å². The summed E-state index contributed by atoms with van der Waals surface area (Å²) < 4.78 is 16.3. The highest BCUT2D eigenvalue weighted by atomic mass is 35.5. The monoisotopic (exact) mass is 402 g/mol. The zero-order chi connectivity index (χ0) is 18.4. The van der Waals surface area contributed by atoms with Gasteiger partial charge in [0.2, 0.25) is 0 Å². The first kappa shape index (κ1) is 19.7. The summed E-state index contributed by atoms with van der Waals surface area (Å²) in [7, 11) is 0. The van der Waals surface area contributed by atoms with E-state index in [4.69, 9.17) is 49.0 Å². The van der Waals surface area contributed by atoms with Gasteiger partial charge in [0, 0.05) is 0 Å². The summed E-state index contributed by atoms with van der Waals surface area (Å²) in [5, 5.41) is 1.17. The van der Waals surface area contributed by atoms with Gasteiger partial charge in [0.05, 0.1) is 33.8 Å². The van der Waals surface area contributed by atoms with E-state index in [0.29, 0.717) is 33.7 Å². The second kappa shape index (κ2) is 9.18. The van der Waals surface area contributed by atoms with E-state index in [1.165, 1.54) is 6.07 Å². The van der Waals surface area contributed by atoms with Crippen LogP contribution in [0.1, 0.15) is 29.8 Å². The van der Waals surface area contributed by atoms with Gasteiger partial charge in [-0.25, -0.2) is 4.79 Å². The van der Waals surface area contributed by atoms with Crippen LogP contribution in [0.5, 0.6) is 11.5 Å². The topological polar surface area (TPSA) is 44.8 Å². The lowest BCUT2D eigenvalue weighted by molar-refractivity contribution is 0.0525. The fourth-order valence-corrected chi connectivity index (χ4v) is 2.67. The van der Waals surface area contributed by atoms with Crippen LogP contribution >= 0.6 is 34.8 Å². The minimum absolute atomic E-state index is 0.218. The van der Waals surface area contributed by atoms with Crippen LogP contribution in [-0.2, 0) is 11.3 Å². The third-order valence-electron chi connectivity index (χ3n) is 3.19. The van der Waals surface area contributed by atoms with Crippen LogP contribution in [0, 0.1) is 0 Å². The second-order valence-corrected chi connectivity index (χ2v) is 6.20. The SMILES string of the molecule is CCOC(=O)c1cc(Cl)c(OCc2ccc(Cl)c(Cl)c2)c(OCC)c1. The van der Waals surface area contributed by atoms with Gasteiger partial charge in [-0.2, -0.15) is 0 Å². The molecule has 0 aliphatic heterocycles. The molecule has 0 saturated heterocycles. The Morgan fingerprint density at radius 1 is 0.920 bits per heavy atom. The molecular formula is C18H17Cl3O4. The van der Waals surface area contributed by atoms with Gasteiger partial charge >= 0.3 is 5.97 Å². The normalized spacial score (nSPS) is 10.4. The molecular weight excluding hydrogens is 387 g/mol. The molecule has 134 valence electrons. The number of benzene rings is 2. The highest BCUT2D eigenvalue weighted by Crippen LogP contribution is 2.37. The Labute approximate surface area is 161 Å². The maximum atomic E-state index is 11.9. The van der Waals surface area contributed by atoms with Gasteiger partial charge in [-0.1, -0.05) is 40.9 Å². The smallest absolute Gasteiger partial charge is 0.338 e. The van der Waals surface area contributed by atoms with Gasteiger partial charge < -0.3 is 14.2 Å². The first-order valence-corrected chi connectivity index (χ1v) is 8.79. The van der Waals surface area contributed by atoms with Crippen LogP contribution in [0.25, 0.3) is 0 Å². The molecule has 25 heavy (non-hydrogen) atoms. The first-order valence-electron chi connectivity index (χ1n) is 7.66. The number of carbonyl (C=O) groups excluding carboxylic acids is 1. The summed E-state index contributed by atoms with van der Waals surface area (Å²) in [6.07, 6.45) is 0. The highest BCUT2D eigenvalue weighted by molar-refractivity contribution is 6.42. The average molecular weight is 404 g/mol. The molecule has 0 aliphatic rings. The van der Waals surface area contributed by atoms with Crippen molar-refractivity contribution in [3.63, 3.8) is 0 Å². The fraction of sp³-hybridized carbons (Fsp3) is 0.278. The summed E-state index contributed by atoms with van der Waals surface area (Å²) in [4.78, 5) is 11.9. The van der Waals surface area contributed by atoms with Gasteiger partial charge in [-0.05, 0) is 43.7 Å². The summed E-state index contributed by atoms with van der Waals surface area (Å²) in [5.41, 5.74) is 1.12. The second-order valence-electron chi connectivity index (χ2n) is 4.98. The minimum atomic E-state index is -0.471. The van der Waals surface area contributed by atoms with Gasteiger partial charge in [-0.15, -0.1) is 0 Å². The summed E-state index contributed by atoms with van der Waals surface area (Å²) in [6.45, 7) is 4.45. The van der Waals surface area contributed by atoms with E-state index in [0.717, 1.165) is 5.56 Å². The number of esters is 1. The van der Waals surface area contributed by atoms with Crippen molar-refractivity contribution in [2.24, 2.45) is 0 Å². The molecule has 0 N–H and O–H groups in total. The Hall–Kier alpha value is -1.62. The molecule has 0 unspecified atom stereocenters. The summed E-state index contributed by atoms with van der Waals surface area (Å²) >= 11 is 18.2. The van der Waals surface area contributed by atoms with Gasteiger partial charge in [0.25, 0.3) is 0 Å². The lowest BCUT2D eigenvalue weighted by atomic mass is 10.2. The maximum Gasteiger partial charge on any atom is 0.338 e. The number of rotatable bonds is 7. The molecule has 0 bridgehead atoms. The van der Waals surface area contributed by atoms with Crippen molar-refractivity contribution in [3.8, 4) is 11.5 Å². The fourth-order valence-electron chi connectivity index (χ4n) is 2.09. The molecule has 0 atom stereocenters. The van der Waals surface area contributed by atoms with Crippen molar-refractivity contribution in [2.45, 2.75) is 20.5 Å². The minimum Gasteiger partial charge on any atom is -0.490 e. The van der Waals surface area contributed by atoms with Gasteiger partial charge in [0.15, 0.2) is 11.5 Å². The number of carbonyl (C=O) groups is 1. The zero-order valence-electron chi connectivity index (χ0n) is 13.8. The Bertz CT molecular complexity index is 762. The largest absolute Gasteiger partial charge is 0.490 e. The lowest BCUT2D eigenvalue weighted by Crippen LogP contribution is -2.07. The number of hydrogen-bond donors (Lipinski definition) is 0. The number of ether oxygens (including phenoxy) is 3. The van der Waals surface area contributed by atoms with Crippen LogP contribution in [0.2, 0.25) is 15.1 Å².